The Labute approximate surface area is 242 Å². The van der Waals surface area contributed by atoms with Crippen LogP contribution in [0.1, 0.15) is 69.7 Å². The molecule has 2 unspecified atom stereocenters. The van der Waals surface area contributed by atoms with E-state index in [1.165, 1.54) is 4.31 Å². The number of nitriles is 1. The average Bonchev–Trinajstić information content (AvgIpc) is 3.34. The molecule has 0 aliphatic carbocycles. The van der Waals surface area contributed by atoms with Crippen molar-refractivity contribution in [2.75, 3.05) is 23.2 Å². The van der Waals surface area contributed by atoms with Gasteiger partial charge in [-0.05, 0) is 105 Å². The van der Waals surface area contributed by atoms with E-state index in [9.17, 15) is 18.5 Å². The van der Waals surface area contributed by atoms with Crippen LogP contribution in [0.15, 0.2) is 54.6 Å². The van der Waals surface area contributed by atoms with E-state index in [2.05, 4.69) is 6.07 Å². The number of nitrogens with zero attached hydrogens (tertiary/aromatic N) is 3. The van der Waals surface area contributed by atoms with Crippen LogP contribution < -0.4 is 9.04 Å². The molecule has 3 aromatic carbocycles. The SMILES string of the molecule is CCS(=O)(=O)N1c2ccc(OCC3CCCCN3C(=O)OC(C)(C)C)cc2CC1c1ccc2ccc(C#N)cc2c1. The zero-order chi connectivity index (χ0) is 29.4. The maximum Gasteiger partial charge on any atom is 0.410 e. The zero-order valence-corrected chi connectivity index (χ0v) is 24.9. The van der Waals surface area contributed by atoms with Crippen LogP contribution in [-0.4, -0.2) is 50.0 Å². The van der Waals surface area contributed by atoms with Gasteiger partial charge in [0.1, 0.15) is 18.0 Å². The first-order valence-corrected chi connectivity index (χ1v) is 15.8. The summed E-state index contributed by atoms with van der Waals surface area (Å²) < 4.78 is 40.0. The number of sulfonamides is 1. The second kappa shape index (κ2) is 11.2. The maximum atomic E-state index is 13.3. The number of carbonyl (C=O) groups excluding carboxylic acids is 1. The number of rotatable bonds is 6. The standard InChI is InChI=1S/C32H37N3O5S/c1-5-41(37,38)35-29-14-13-28(39-21-27-8-6-7-15-34(27)31(36)40-32(2,3)4)18-26(29)19-30(35)24-12-11-23-10-9-22(20-33)16-25(23)17-24/h9-14,16-18,27,30H,5-8,15,19,21H2,1-4H3. The molecule has 0 bridgehead atoms. The third kappa shape index (κ3) is 6.13. The van der Waals surface area contributed by atoms with Gasteiger partial charge in [-0.1, -0.05) is 18.2 Å². The number of amides is 1. The molecule has 2 aliphatic heterocycles. The molecule has 41 heavy (non-hydrogen) atoms. The Bertz CT molecular complexity index is 1610. The van der Waals surface area contributed by atoms with E-state index in [1.807, 2.05) is 63.2 Å². The summed E-state index contributed by atoms with van der Waals surface area (Å²) in [7, 11) is -3.57. The minimum atomic E-state index is -3.57. The lowest BCUT2D eigenvalue weighted by Gasteiger charge is -2.36. The molecule has 2 heterocycles. The van der Waals surface area contributed by atoms with Crippen LogP contribution in [-0.2, 0) is 21.2 Å². The predicted molar refractivity (Wildman–Crippen MR) is 160 cm³/mol. The molecule has 3 aromatic rings. The summed E-state index contributed by atoms with van der Waals surface area (Å²) in [5.74, 6) is 0.625. The van der Waals surface area contributed by atoms with Gasteiger partial charge in [-0.25, -0.2) is 13.2 Å². The summed E-state index contributed by atoms with van der Waals surface area (Å²) >= 11 is 0. The summed E-state index contributed by atoms with van der Waals surface area (Å²) in [6, 6.07) is 18.7. The molecule has 8 nitrogen and oxygen atoms in total. The van der Waals surface area contributed by atoms with Crippen LogP contribution in [0, 0.1) is 11.3 Å². The van der Waals surface area contributed by atoms with E-state index in [1.54, 1.807) is 24.0 Å². The molecule has 9 heteroatoms. The summed E-state index contributed by atoms with van der Waals surface area (Å²) in [5.41, 5.74) is 2.42. The third-order valence-electron chi connectivity index (χ3n) is 7.72. The molecule has 2 atom stereocenters. The Balaban J connectivity index is 1.39. The molecule has 0 N–H and O–H groups in total. The molecular weight excluding hydrogens is 538 g/mol. The normalized spacial score (nSPS) is 19.1. The van der Waals surface area contributed by atoms with Gasteiger partial charge >= 0.3 is 6.09 Å². The Hall–Kier alpha value is -3.77. The highest BCUT2D eigenvalue weighted by atomic mass is 32.2. The maximum absolute atomic E-state index is 13.3. The van der Waals surface area contributed by atoms with Crippen molar-refractivity contribution in [1.82, 2.24) is 4.90 Å². The Morgan fingerprint density at radius 1 is 1.05 bits per heavy atom. The highest BCUT2D eigenvalue weighted by Gasteiger charge is 2.38. The second-order valence-electron chi connectivity index (χ2n) is 11.8. The zero-order valence-electron chi connectivity index (χ0n) is 24.1. The lowest BCUT2D eigenvalue weighted by molar-refractivity contribution is 0.00360. The van der Waals surface area contributed by atoms with E-state index < -0.39 is 21.7 Å². The van der Waals surface area contributed by atoms with Crippen molar-refractivity contribution in [2.45, 2.75) is 71.1 Å². The summed E-state index contributed by atoms with van der Waals surface area (Å²) in [4.78, 5) is 14.6. The van der Waals surface area contributed by atoms with Gasteiger partial charge in [-0.2, -0.15) is 5.26 Å². The van der Waals surface area contributed by atoms with Crippen molar-refractivity contribution in [2.24, 2.45) is 0 Å². The molecule has 0 spiro atoms. The second-order valence-corrected chi connectivity index (χ2v) is 13.9. The molecule has 1 fully saturated rings. The van der Waals surface area contributed by atoms with Gasteiger partial charge < -0.3 is 14.4 Å². The molecule has 216 valence electrons. The van der Waals surface area contributed by atoms with Crippen LogP contribution in [0.3, 0.4) is 0 Å². The Morgan fingerprint density at radius 3 is 2.56 bits per heavy atom. The average molecular weight is 576 g/mol. The van der Waals surface area contributed by atoms with Gasteiger partial charge in [0, 0.05) is 13.0 Å². The number of ether oxygens (including phenoxy) is 2. The molecule has 5 rings (SSSR count). The smallest absolute Gasteiger partial charge is 0.410 e. The van der Waals surface area contributed by atoms with Crippen molar-refractivity contribution in [3.05, 3.63) is 71.3 Å². The van der Waals surface area contributed by atoms with Crippen molar-refractivity contribution < 1.29 is 22.7 Å². The molecule has 0 saturated carbocycles. The lowest BCUT2D eigenvalue weighted by atomic mass is 9.98. The number of likely N-dealkylation sites (tertiary alicyclic amines) is 1. The van der Waals surface area contributed by atoms with Gasteiger partial charge in [0.15, 0.2) is 0 Å². The van der Waals surface area contributed by atoms with E-state index in [0.29, 0.717) is 36.6 Å². The topological polar surface area (TPSA) is 99.9 Å². The number of anilines is 1. The highest BCUT2D eigenvalue weighted by molar-refractivity contribution is 7.92. The fourth-order valence-electron chi connectivity index (χ4n) is 5.69. The van der Waals surface area contributed by atoms with E-state index in [4.69, 9.17) is 9.47 Å². The molecule has 2 aliphatic rings. The van der Waals surface area contributed by atoms with E-state index >= 15 is 0 Å². The summed E-state index contributed by atoms with van der Waals surface area (Å²) in [6.07, 6.45) is 2.97. The van der Waals surface area contributed by atoms with Gasteiger partial charge in [-0.3, -0.25) is 4.31 Å². The molecule has 1 amide bonds. The largest absolute Gasteiger partial charge is 0.491 e. The molecule has 1 saturated heterocycles. The summed E-state index contributed by atoms with van der Waals surface area (Å²) in [5, 5.41) is 11.2. The van der Waals surface area contributed by atoms with Gasteiger partial charge in [0.2, 0.25) is 10.0 Å². The van der Waals surface area contributed by atoms with Crippen LogP contribution >= 0.6 is 0 Å². The number of benzene rings is 3. The molecule has 0 aromatic heterocycles. The third-order valence-corrected chi connectivity index (χ3v) is 9.51. The number of hydrogen-bond donors (Lipinski definition) is 0. The van der Waals surface area contributed by atoms with E-state index in [-0.39, 0.29) is 17.9 Å². The first kappa shape index (κ1) is 28.7. The Morgan fingerprint density at radius 2 is 1.83 bits per heavy atom. The first-order chi connectivity index (χ1) is 19.5. The Kier molecular flexibility index (Phi) is 7.89. The van der Waals surface area contributed by atoms with Gasteiger partial charge in [0.05, 0.1) is 35.2 Å². The van der Waals surface area contributed by atoms with Crippen LogP contribution in [0.5, 0.6) is 5.75 Å². The fraction of sp³-hybridized carbons (Fsp3) is 0.438. The van der Waals surface area contributed by atoms with Crippen molar-refractivity contribution in [3.63, 3.8) is 0 Å². The highest BCUT2D eigenvalue weighted by Crippen LogP contribution is 2.44. The minimum Gasteiger partial charge on any atom is -0.491 e. The monoisotopic (exact) mass is 575 g/mol. The number of hydrogen-bond acceptors (Lipinski definition) is 6. The lowest BCUT2D eigenvalue weighted by Crippen LogP contribution is -2.48. The van der Waals surface area contributed by atoms with Crippen LogP contribution in [0.2, 0.25) is 0 Å². The molecular formula is C32H37N3O5S. The van der Waals surface area contributed by atoms with Crippen molar-refractivity contribution in [1.29, 1.82) is 5.26 Å². The van der Waals surface area contributed by atoms with Gasteiger partial charge in [-0.15, -0.1) is 0 Å². The van der Waals surface area contributed by atoms with Gasteiger partial charge in [0.25, 0.3) is 0 Å². The van der Waals surface area contributed by atoms with Crippen LogP contribution in [0.4, 0.5) is 10.5 Å². The van der Waals surface area contributed by atoms with Crippen molar-refractivity contribution >= 4 is 32.6 Å². The number of carbonyl (C=O) groups is 1. The van der Waals surface area contributed by atoms with E-state index in [0.717, 1.165) is 41.2 Å². The molecule has 0 radical (unpaired) electrons. The summed E-state index contributed by atoms with van der Waals surface area (Å²) in [6.45, 7) is 8.22. The van der Waals surface area contributed by atoms with Crippen molar-refractivity contribution in [3.8, 4) is 11.8 Å². The fourth-order valence-corrected chi connectivity index (χ4v) is 7.03. The first-order valence-electron chi connectivity index (χ1n) is 14.2. The quantitative estimate of drug-likeness (QED) is 0.340. The number of fused-ring (bicyclic) bond motifs is 2. The minimum absolute atomic E-state index is 0.0183. The van der Waals surface area contributed by atoms with Crippen LogP contribution in [0.25, 0.3) is 10.8 Å². The number of piperidine rings is 1. The predicted octanol–water partition coefficient (Wildman–Crippen LogP) is 6.33.